The molecule has 1 aromatic rings. The molecule has 0 fully saturated rings. The van der Waals surface area contributed by atoms with Crippen LogP contribution in [0.3, 0.4) is 0 Å². The summed E-state index contributed by atoms with van der Waals surface area (Å²) in [5.41, 5.74) is 0. The summed E-state index contributed by atoms with van der Waals surface area (Å²) in [4.78, 5) is 11.0. The Morgan fingerprint density at radius 3 is 2.69 bits per heavy atom. The van der Waals surface area contributed by atoms with Gasteiger partial charge >= 0.3 is 5.97 Å². The van der Waals surface area contributed by atoms with E-state index in [9.17, 15) is 4.79 Å². The van der Waals surface area contributed by atoms with Crippen molar-refractivity contribution in [1.29, 1.82) is 0 Å². The third-order valence-electron chi connectivity index (χ3n) is 2.16. The van der Waals surface area contributed by atoms with Crippen LogP contribution in [0.5, 0.6) is 0 Å². The third kappa shape index (κ3) is 4.37. The highest BCUT2D eigenvalue weighted by molar-refractivity contribution is 9.10. The molecule has 0 amide bonds. The number of hydrogen-bond acceptors (Lipinski definition) is 3. The van der Waals surface area contributed by atoms with Crippen molar-refractivity contribution in [3.05, 3.63) is 22.6 Å². The molecule has 4 nitrogen and oxygen atoms in total. The first-order valence-corrected chi connectivity index (χ1v) is 5.98. The van der Waals surface area contributed by atoms with Crippen LogP contribution >= 0.6 is 15.9 Å². The molecule has 0 aliphatic rings. The molecule has 0 bridgehead atoms. The summed E-state index contributed by atoms with van der Waals surface area (Å²) in [5, 5.41) is 12.0. The fourth-order valence-electron chi connectivity index (χ4n) is 1.41. The first-order chi connectivity index (χ1) is 7.49. The summed E-state index contributed by atoms with van der Waals surface area (Å²) in [7, 11) is 0. The van der Waals surface area contributed by atoms with Gasteiger partial charge in [-0.25, -0.2) is 0 Å². The molecule has 0 saturated heterocycles. The van der Waals surface area contributed by atoms with E-state index in [1.54, 1.807) is 6.07 Å². The number of halogens is 1. The standard InChI is InChI=1S/C11H16BrNO3/c1-7(2)5-9(11(14)15)13-6-8-3-4-10(12)16-8/h3-4,7,9,13H,5-6H2,1-2H3,(H,14,15)/t9-/m1/s1. The Labute approximate surface area is 103 Å². The lowest BCUT2D eigenvalue weighted by Gasteiger charge is -2.15. The summed E-state index contributed by atoms with van der Waals surface area (Å²) >= 11 is 3.20. The number of carboxylic acids is 1. The highest BCUT2D eigenvalue weighted by atomic mass is 79.9. The average molecular weight is 290 g/mol. The maximum atomic E-state index is 11.0. The third-order valence-corrected chi connectivity index (χ3v) is 2.58. The number of aliphatic carboxylic acids is 1. The van der Waals surface area contributed by atoms with Crippen LogP contribution in [-0.2, 0) is 11.3 Å². The lowest BCUT2D eigenvalue weighted by molar-refractivity contribution is -0.140. The number of carbonyl (C=O) groups is 1. The zero-order valence-corrected chi connectivity index (χ0v) is 11.0. The maximum absolute atomic E-state index is 11.0. The SMILES string of the molecule is CC(C)C[C@@H](NCc1ccc(Br)o1)C(=O)O. The van der Waals surface area contributed by atoms with Crippen molar-refractivity contribution in [2.45, 2.75) is 32.9 Å². The zero-order chi connectivity index (χ0) is 12.1. The second kappa shape index (κ2) is 6.06. The second-order valence-corrected chi connectivity index (χ2v) is 4.89. The Hall–Kier alpha value is -0.810. The van der Waals surface area contributed by atoms with E-state index in [4.69, 9.17) is 9.52 Å². The van der Waals surface area contributed by atoms with Gasteiger partial charge in [0.05, 0.1) is 6.54 Å². The Kier molecular flexibility index (Phi) is 5.02. The molecule has 2 N–H and O–H groups in total. The van der Waals surface area contributed by atoms with Gasteiger partial charge in [-0.15, -0.1) is 0 Å². The van der Waals surface area contributed by atoms with E-state index < -0.39 is 12.0 Å². The molecular formula is C11H16BrNO3. The van der Waals surface area contributed by atoms with Crippen LogP contribution in [0.2, 0.25) is 0 Å². The summed E-state index contributed by atoms with van der Waals surface area (Å²) in [6.07, 6.45) is 0.608. The monoisotopic (exact) mass is 289 g/mol. The van der Waals surface area contributed by atoms with Gasteiger partial charge in [-0.2, -0.15) is 0 Å². The van der Waals surface area contributed by atoms with Gasteiger partial charge in [0, 0.05) is 0 Å². The minimum absolute atomic E-state index is 0.344. The minimum atomic E-state index is -0.820. The molecule has 0 radical (unpaired) electrons. The number of rotatable bonds is 6. The van der Waals surface area contributed by atoms with E-state index in [-0.39, 0.29) is 0 Å². The van der Waals surface area contributed by atoms with Crippen molar-refractivity contribution in [3.8, 4) is 0 Å². The van der Waals surface area contributed by atoms with Crippen molar-refractivity contribution in [3.63, 3.8) is 0 Å². The van der Waals surface area contributed by atoms with Crippen LogP contribution in [0.15, 0.2) is 21.2 Å². The highest BCUT2D eigenvalue weighted by Gasteiger charge is 2.18. The second-order valence-electron chi connectivity index (χ2n) is 4.11. The number of furan rings is 1. The van der Waals surface area contributed by atoms with Crippen LogP contribution in [0.25, 0.3) is 0 Å². The number of carboxylic acid groups (broad SMARTS) is 1. The van der Waals surface area contributed by atoms with Crippen molar-refractivity contribution in [1.82, 2.24) is 5.32 Å². The first-order valence-electron chi connectivity index (χ1n) is 5.19. The Morgan fingerprint density at radius 1 is 1.56 bits per heavy atom. The van der Waals surface area contributed by atoms with E-state index in [1.165, 1.54) is 0 Å². The molecule has 0 aromatic carbocycles. The quantitative estimate of drug-likeness (QED) is 0.845. The molecule has 1 atom stereocenters. The number of hydrogen-bond donors (Lipinski definition) is 2. The van der Waals surface area contributed by atoms with Gasteiger partial charge in [0.1, 0.15) is 11.8 Å². The molecule has 1 rings (SSSR count). The van der Waals surface area contributed by atoms with Crippen LogP contribution in [0, 0.1) is 5.92 Å². The molecule has 5 heteroatoms. The normalized spacial score (nSPS) is 13.0. The van der Waals surface area contributed by atoms with Gasteiger partial charge in [-0.3, -0.25) is 10.1 Å². The average Bonchev–Trinajstić information content (AvgIpc) is 2.58. The van der Waals surface area contributed by atoms with E-state index >= 15 is 0 Å². The van der Waals surface area contributed by atoms with Crippen LogP contribution in [-0.4, -0.2) is 17.1 Å². The van der Waals surface area contributed by atoms with Crippen molar-refractivity contribution >= 4 is 21.9 Å². The van der Waals surface area contributed by atoms with E-state index in [0.717, 1.165) is 5.76 Å². The van der Waals surface area contributed by atoms with Crippen LogP contribution < -0.4 is 5.32 Å². The van der Waals surface area contributed by atoms with Gasteiger partial charge in [-0.05, 0) is 40.4 Å². The minimum Gasteiger partial charge on any atom is -0.480 e. The van der Waals surface area contributed by atoms with E-state index in [1.807, 2.05) is 19.9 Å². The first kappa shape index (κ1) is 13.3. The summed E-state index contributed by atoms with van der Waals surface area (Å²) in [6.45, 7) is 4.43. The Balaban J connectivity index is 2.46. The Morgan fingerprint density at radius 2 is 2.25 bits per heavy atom. The van der Waals surface area contributed by atoms with Gasteiger partial charge in [0.2, 0.25) is 0 Å². The molecule has 1 aromatic heterocycles. The summed E-state index contributed by atoms with van der Waals surface area (Å²) in [5.74, 6) is 0.248. The van der Waals surface area contributed by atoms with Crippen molar-refractivity contribution in [2.24, 2.45) is 5.92 Å². The predicted octanol–water partition coefficient (Wildman–Crippen LogP) is 2.63. The largest absolute Gasteiger partial charge is 0.480 e. The predicted molar refractivity (Wildman–Crippen MR) is 64.1 cm³/mol. The van der Waals surface area contributed by atoms with E-state index in [2.05, 4.69) is 21.2 Å². The lowest BCUT2D eigenvalue weighted by Crippen LogP contribution is -2.37. The summed E-state index contributed by atoms with van der Waals surface area (Å²) < 4.78 is 5.93. The lowest BCUT2D eigenvalue weighted by atomic mass is 10.0. The molecule has 0 saturated carbocycles. The van der Waals surface area contributed by atoms with Gasteiger partial charge in [0.15, 0.2) is 4.67 Å². The zero-order valence-electron chi connectivity index (χ0n) is 9.37. The highest BCUT2D eigenvalue weighted by Crippen LogP contribution is 2.14. The van der Waals surface area contributed by atoms with Gasteiger partial charge in [0.25, 0.3) is 0 Å². The molecule has 0 unspecified atom stereocenters. The smallest absolute Gasteiger partial charge is 0.320 e. The molecule has 0 aliphatic heterocycles. The fraction of sp³-hybridized carbons (Fsp3) is 0.545. The van der Waals surface area contributed by atoms with Crippen LogP contribution in [0.4, 0.5) is 0 Å². The van der Waals surface area contributed by atoms with Crippen LogP contribution in [0.1, 0.15) is 26.0 Å². The van der Waals surface area contributed by atoms with Crippen molar-refractivity contribution < 1.29 is 14.3 Å². The fourth-order valence-corrected chi connectivity index (χ4v) is 1.75. The van der Waals surface area contributed by atoms with Crippen molar-refractivity contribution in [2.75, 3.05) is 0 Å². The molecule has 16 heavy (non-hydrogen) atoms. The topological polar surface area (TPSA) is 62.5 Å². The molecule has 0 spiro atoms. The molecule has 0 aliphatic carbocycles. The Bertz CT molecular complexity index is 349. The summed E-state index contributed by atoms with van der Waals surface area (Å²) in [6, 6.07) is 3.07. The van der Waals surface area contributed by atoms with Gasteiger partial charge in [-0.1, -0.05) is 13.8 Å². The molecule has 90 valence electrons. The molecule has 1 heterocycles. The maximum Gasteiger partial charge on any atom is 0.320 e. The van der Waals surface area contributed by atoms with Gasteiger partial charge < -0.3 is 9.52 Å². The van der Waals surface area contributed by atoms with E-state index in [0.29, 0.717) is 23.6 Å². The molecular weight excluding hydrogens is 274 g/mol. The number of nitrogens with one attached hydrogen (secondary N) is 1.